The van der Waals surface area contributed by atoms with E-state index in [1.54, 1.807) is 24.4 Å². The van der Waals surface area contributed by atoms with E-state index in [9.17, 15) is 9.59 Å². The number of carbonyl (C=O) groups excluding carboxylic acids is 1. The summed E-state index contributed by atoms with van der Waals surface area (Å²) in [5, 5.41) is 4.29. The zero-order valence-corrected chi connectivity index (χ0v) is 11.5. The highest BCUT2D eigenvalue weighted by atomic mass is 16.1. The van der Waals surface area contributed by atoms with Gasteiger partial charge in [0, 0.05) is 29.7 Å². The van der Waals surface area contributed by atoms with Crippen molar-refractivity contribution in [1.29, 1.82) is 0 Å². The topological polar surface area (TPSA) is 88.0 Å². The quantitative estimate of drug-likeness (QED) is 0.750. The zero-order valence-electron chi connectivity index (χ0n) is 11.5. The summed E-state index contributed by atoms with van der Waals surface area (Å²) in [5.41, 5.74) is 6.35. The van der Waals surface area contributed by atoms with Crippen LogP contribution in [-0.4, -0.2) is 16.9 Å². The molecule has 0 radical (unpaired) electrons. The maximum Gasteiger partial charge on any atom is 0.255 e. The number of amides is 1. The molecule has 5 nitrogen and oxygen atoms in total. The third-order valence-corrected chi connectivity index (χ3v) is 3.71. The van der Waals surface area contributed by atoms with Crippen LogP contribution < -0.4 is 16.6 Å². The first-order chi connectivity index (χ1) is 10.1. The molecule has 21 heavy (non-hydrogen) atoms. The number of carbonyl (C=O) groups is 1. The number of aromatic amines is 1. The van der Waals surface area contributed by atoms with E-state index in [1.807, 2.05) is 18.2 Å². The zero-order chi connectivity index (χ0) is 14.8. The number of nitrogens with one attached hydrogen (secondary N) is 2. The number of nitrogens with two attached hydrogens (primary N) is 1. The molecular formula is C16H17N3O2. The second kappa shape index (κ2) is 5.54. The van der Waals surface area contributed by atoms with E-state index in [0.717, 1.165) is 11.8 Å². The summed E-state index contributed by atoms with van der Waals surface area (Å²) in [5.74, 6) is 0.172. The van der Waals surface area contributed by atoms with Crippen LogP contribution in [0.2, 0.25) is 0 Å². The largest absolute Gasteiger partial charge is 0.329 e. The molecule has 1 aromatic carbocycles. The van der Waals surface area contributed by atoms with Crippen LogP contribution in [0.15, 0.2) is 47.4 Å². The molecule has 0 aliphatic heterocycles. The van der Waals surface area contributed by atoms with Gasteiger partial charge in [-0.15, -0.1) is 0 Å². The highest BCUT2D eigenvalue weighted by Gasteiger charge is 2.18. The van der Waals surface area contributed by atoms with Crippen molar-refractivity contribution in [3.8, 4) is 0 Å². The van der Waals surface area contributed by atoms with Gasteiger partial charge in [-0.05, 0) is 42.0 Å². The van der Waals surface area contributed by atoms with Crippen molar-refractivity contribution < 1.29 is 4.79 Å². The fraction of sp³-hybridized carbons (Fsp3) is 0.250. The Morgan fingerprint density at radius 1 is 1.33 bits per heavy atom. The first kappa shape index (κ1) is 13.6. The van der Waals surface area contributed by atoms with Crippen LogP contribution in [0, 0.1) is 5.92 Å². The maximum atomic E-state index is 12.0. The van der Waals surface area contributed by atoms with Gasteiger partial charge in [0.1, 0.15) is 0 Å². The highest BCUT2D eigenvalue weighted by molar-refractivity contribution is 5.94. The molecule has 2 atom stereocenters. The molecule has 0 unspecified atom stereocenters. The number of aromatic nitrogens is 1. The molecule has 2 aromatic rings. The third kappa shape index (κ3) is 3.03. The first-order valence-electron chi connectivity index (χ1n) is 6.97. The van der Waals surface area contributed by atoms with Crippen LogP contribution in [0.5, 0.6) is 0 Å². The SMILES string of the molecule is N[C@@H]1C=C[C@H](CC(=O)Nc2ccc3c(=O)[nH]ccc3c2)C1. The molecule has 0 spiro atoms. The van der Waals surface area contributed by atoms with Gasteiger partial charge in [-0.2, -0.15) is 0 Å². The van der Waals surface area contributed by atoms with E-state index in [1.165, 1.54) is 0 Å². The molecular weight excluding hydrogens is 266 g/mol. The van der Waals surface area contributed by atoms with Gasteiger partial charge in [0.05, 0.1) is 0 Å². The van der Waals surface area contributed by atoms with Crippen LogP contribution >= 0.6 is 0 Å². The lowest BCUT2D eigenvalue weighted by molar-refractivity contribution is -0.116. The second-order valence-corrected chi connectivity index (χ2v) is 5.41. The predicted molar refractivity (Wildman–Crippen MR) is 83.0 cm³/mol. The minimum Gasteiger partial charge on any atom is -0.329 e. The van der Waals surface area contributed by atoms with Gasteiger partial charge in [0.2, 0.25) is 5.91 Å². The number of rotatable bonds is 3. The van der Waals surface area contributed by atoms with Crippen molar-refractivity contribution in [2.45, 2.75) is 18.9 Å². The smallest absolute Gasteiger partial charge is 0.255 e. The molecule has 0 saturated heterocycles. The summed E-state index contributed by atoms with van der Waals surface area (Å²) in [4.78, 5) is 26.3. The summed E-state index contributed by atoms with van der Waals surface area (Å²) in [7, 11) is 0. The second-order valence-electron chi connectivity index (χ2n) is 5.41. The third-order valence-electron chi connectivity index (χ3n) is 3.71. The van der Waals surface area contributed by atoms with Crippen LogP contribution in [0.4, 0.5) is 5.69 Å². The molecule has 1 aliphatic rings. The Hall–Kier alpha value is -2.40. The molecule has 108 valence electrons. The van der Waals surface area contributed by atoms with Gasteiger partial charge in [-0.1, -0.05) is 12.2 Å². The molecule has 0 saturated carbocycles. The first-order valence-corrected chi connectivity index (χ1v) is 6.97. The van der Waals surface area contributed by atoms with Gasteiger partial charge < -0.3 is 16.0 Å². The molecule has 1 aliphatic carbocycles. The van der Waals surface area contributed by atoms with Crippen molar-refractivity contribution in [2.75, 3.05) is 5.32 Å². The van der Waals surface area contributed by atoms with Crippen LogP contribution in [0.1, 0.15) is 12.8 Å². The number of benzene rings is 1. The summed E-state index contributed by atoms with van der Waals surface area (Å²) in [6.45, 7) is 0. The lowest BCUT2D eigenvalue weighted by Gasteiger charge is -2.10. The Kier molecular flexibility index (Phi) is 3.58. The van der Waals surface area contributed by atoms with Crippen molar-refractivity contribution >= 4 is 22.4 Å². The summed E-state index contributed by atoms with van der Waals surface area (Å²) in [6, 6.07) is 7.14. The number of H-pyrrole nitrogens is 1. The normalized spacial score (nSPS) is 20.8. The van der Waals surface area contributed by atoms with Crippen LogP contribution in [0.25, 0.3) is 10.8 Å². The van der Waals surface area contributed by atoms with E-state index in [0.29, 0.717) is 17.5 Å². The monoisotopic (exact) mass is 283 g/mol. The minimum absolute atomic E-state index is 0.0389. The Bertz CT molecular complexity index is 763. The van der Waals surface area contributed by atoms with E-state index in [4.69, 9.17) is 5.73 Å². The molecule has 0 bridgehead atoms. The van der Waals surface area contributed by atoms with E-state index >= 15 is 0 Å². The fourth-order valence-electron chi connectivity index (χ4n) is 2.68. The summed E-state index contributed by atoms with van der Waals surface area (Å²) >= 11 is 0. The highest BCUT2D eigenvalue weighted by Crippen LogP contribution is 2.21. The molecule has 3 rings (SSSR count). The number of hydrogen-bond acceptors (Lipinski definition) is 3. The Morgan fingerprint density at radius 2 is 2.19 bits per heavy atom. The molecule has 5 heteroatoms. The number of allylic oxidation sites excluding steroid dienone is 1. The average molecular weight is 283 g/mol. The van der Waals surface area contributed by atoms with Gasteiger partial charge >= 0.3 is 0 Å². The fourth-order valence-corrected chi connectivity index (χ4v) is 2.68. The van der Waals surface area contributed by atoms with Crippen molar-refractivity contribution in [3.63, 3.8) is 0 Å². The minimum atomic E-state index is -0.129. The van der Waals surface area contributed by atoms with Crippen molar-refractivity contribution in [1.82, 2.24) is 4.98 Å². The standard InChI is InChI=1S/C16H17N3O2/c17-12-2-1-10(7-12)8-15(20)19-13-3-4-14-11(9-13)5-6-18-16(14)21/h1-6,9-10,12H,7-8,17H2,(H,18,21)(H,19,20)/t10-,12+/m0/s1. The van der Waals surface area contributed by atoms with Crippen molar-refractivity contribution in [2.24, 2.45) is 11.7 Å². The summed E-state index contributed by atoms with van der Waals surface area (Å²) < 4.78 is 0. The molecule has 4 N–H and O–H groups in total. The van der Waals surface area contributed by atoms with E-state index < -0.39 is 0 Å². The number of fused-ring (bicyclic) bond motifs is 1. The van der Waals surface area contributed by atoms with Crippen molar-refractivity contribution in [3.05, 3.63) is 53.0 Å². The van der Waals surface area contributed by atoms with E-state index in [-0.39, 0.29) is 23.4 Å². The van der Waals surface area contributed by atoms with Crippen LogP contribution in [-0.2, 0) is 4.79 Å². The average Bonchev–Trinajstić information content (AvgIpc) is 2.84. The molecule has 0 fully saturated rings. The molecule has 1 aromatic heterocycles. The summed E-state index contributed by atoms with van der Waals surface area (Å²) in [6.07, 6.45) is 6.80. The molecule has 1 heterocycles. The van der Waals surface area contributed by atoms with Gasteiger partial charge in [0.25, 0.3) is 5.56 Å². The van der Waals surface area contributed by atoms with E-state index in [2.05, 4.69) is 10.3 Å². The van der Waals surface area contributed by atoms with Gasteiger partial charge in [0.15, 0.2) is 0 Å². The number of pyridine rings is 1. The Morgan fingerprint density at radius 3 is 2.95 bits per heavy atom. The van der Waals surface area contributed by atoms with Crippen LogP contribution in [0.3, 0.4) is 0 Å². The Balaban J connectivity index is 1.71. The molecule has 1 amide bonds. The van der Waals surface area contributed by atoms with Gasteiger partial charge in [-0.3, -0.25) is 9.59 Å². The maximum absolute atomic E-state index is 12.0. The number of hydrogen-bond donors (Lipinski definition) is 3. The van der Waals surface area contributed by atoms with Gasteiger partial charge in [-0.25, -0.2) is 0 Å². The lowest BCUT2D eigenvalue weighted by atomic mass is 10.0. The lowest BCUT2D eigenvalue weighted by Crippen LogP contribution is -2.19. The number of anilines is 1. The predicted octanol–water partition coefficient (Wildman–Crippen LogP) is 1.76. The Labute approximate surface area is 121 Å².